The van der Waals surface area contributed by atoms with Gasteiger partial charge in [0.15, 0.2) is 0 Å². The van der Waals surface area contributed by atoms with Crippen LogP contribution in [-0.4, -0.2) is 111 Å². The molecule has 0 bridgehead atoms. The first-order valence-electron chi connectivity index (χ1n) is 13.9. The van der Waals surface area contributed by atoms with Crippen molar-refractivity contribution in [2.24, 2.45) is 0 Å². The fourth-order valence-electron chi connectivity index (χ4n) is 4.22. The zero-order chi connectivity index (χ0) is 33.6. The third-order valence-corrected chi connectivity index (χ3v) is 6.39. The van der Waals surface area contributed by atoms with Crippen LogP contribution in [0, 0.1) is 0 Å². The van der Waals surface area contributed by atoms with Crippen molar-refractivity contribution in [3.8, 4) is 33.8 Å². The van der Waals surface area contributed by atoms with Crippen molar-refractivity contribution >= 4 is 23.9 Å². The summed E-state index contributed by atoms with van der Waals surface area (Å²) in [6.07, 6.45) is 0. The molecule has 0 saturated carbocycles. The first-order valence-corrected chi connectivity index (χ1v) is 13.9. The quantitative estimate of drug-likeness (QED) is 0.129. The van der Waals surface area contributed by atoms with Gasteiger partial charge in [-0.05, 0) is 59.7 Å². The van der Waals surface area contributed by atoms with Gasteiger partial charge in [0.1, 0.15) is 24.7 Å². The van der Waals surface area contributed by atoms with Gasteiger partial charge in [-0.25, -0.2) is 19.2 Å². The van der Waals surface area contributed by atoms with Crippen molar-refractivity contribution in [2.75, 3.05) is 67.1 Å². The molecular weight excluding hydrogens is 608 g/mol. The van der Waals surface area contributed by atoms with Crippen LogP contribution < -0.4 is 9.47 Å². The lowest BCUT2D eigenvalue weighted by atomic mass is 9.94. The van der Waals surface area contributed by atoms with Gasteiger partial charge in [-0.2, -0.15) is 0 Å². The normalized spacial score (nSPS) is 10.8. The molecular formula is C32H34O14. The fourth-order valence-corrected chi connectivity index (χ4v) is 4.22. The second kappa shape index (κ2) is 17.5. The van der Waals surface area contributed by atoms with Crippen LogP contribution in [0.25, 0.3) is 22.3 Å². The molecule has 0 aliphatic rings. The monoisotopic (exact) mass is 642 g/mol. The van der Waals surface area contributed by atoms with Gasteiger partial charge < -0.3 is 48.8 Å². The van der Waals surface area contributed by atoms with Gasteiger partial charge in [0, 0.05) is 25.3 Å². The Kier molecular flexibility index (Phi) is 13.5. The van der Waals surface area contributed by atoms with E-state index in [4.69, 9.17) is 28.4 Å². The fraction of sp³-hybridized carbons (Fsp3) is 0.312. The molecule has 0 aliphatic heterocycles. The van der Waals surface area contributed by atoms with Crippen LogP contribution in [0.4, 0.5) is 0 Å². The molecule has 0 spiro atoms. The van der Waals surface area contributed by atoms with Gasteiger partial charge in [0.05, 0.1) is 61.9 Å². The number of carboxylic acids is 4. The highest BCUT2D eigenvalue weighted by molar-refractivity contribution is 5.98. The minimum atomic E-state index is -1.36. The third kappa shape index (κ3) is 10.0. The molecule has 0 heterocycles. The average molecular weight is 643 g/mol. The maximum absolute atomic E-state index is 11.9. The number of carboxylic acid groups (broad SMARTS) is 4. The zero-order valence-corrected chi connectivity index (χ0v) is 25.1. The van der Waals surface area contributed by atoms with E-state index in [0.717, 1.165) is 12.1 Å². The van der Waals surface area contributed by atoms with Gasteiger partial charge in [0.25, 0.3) is 0 Å². The Hall–Kier alpha value is -5.02. The number of benzene rings is 3. The second-order valence-corrected chi connectivity index (χ2v) is 9.57. The van der Waals surface area contributed by atoms with Crippen molar-refractivity contribution in [2.45, 2.75) is 0 Å². The number of ether oxygens (including phenoxy) is 6. The molecule has 246 valence electrons. The first kappa shape index (κ1) is 35.5. The van der Waals surface area contributed by atoms with Gasteiger partial charge in [-0.15, -0.1) is 0 Å². The molecule has 46 heavy (non-hydrogen) atoms. The molecule has 0 aromatic heterocycles. The van der Waals surface area contributed by atoms with Crippen LogP contribution in [0.2, 0.25) is 0 Å². The molecule has 3 aromatic rings. The van der Waals surface area contributed by atoms with Crippen LogP contribution >= 0.6 is 0 Å². The summed E-state index contributed by atoms with van der Waals surface area (Å²) in [5.74, 6) is -5.16. The molecule has 0 saturated heterocycles. The van der Waals surface area contributed by atoms with E-state index in [0.29, 0.717) is 26.4 Å². The van der Waals surface area contributed by atoms with Gasteiger partial charge >= 0.3 is 23.9 Å². The number of rotatable bonds is 20. The van der Waals surface area contributed by atoms with Crippen molar-refractivity contribution in [3.05, 3.63) is 70.8 Å². The minimum absolute atomic E-state index is 0.00362. The minimum Gasteiger partial charge on any atom is -0.491 e. The summed E-state index contributed by atoms with van der Waals surface area (Å²) in [4.78, 5) is 47.5. The summed E-state index contributed by atoms with van der Waals surface area (Å²) >= 11 is 0. The predicted octanol–water partition coefficient (Wildman–Crippen LogP) is 3.90. The number of carbonyl (C=O) groups is 4. The van der Waals surface area contributed by atoms with Crippen molar-refractivity contribution in [1.82, 2.24) is 0 Å². The van der Waals surface area contributed by atoms with E-state index in [1.807, 2.05) is 0 Å². The van der Waals surface area contributed by atoms with E-state index < -0.39 is 23.9 Å². The van der Waals surface area contributed by atoms with Crippen LogP contribution in [0.15, 0.2) is 48.5 Å². The molecule has 3 aromatic carbocycles. The molecule has 14 nitrogen and oxygen atoms in total. The largest absolute Gasteiger partial charge is 0.491 e. The molecule has 0 radical (unpaired) electrons. The lowest BCUT2D eigenvalue weighted by molar-refractivity contribution is 0.0540. The highest BCUT2D eigenvalue weighted by Gasteiger charge is 2.21. The van der Waals surface area contributed by atoms with Gasteiger partial charge in [-0.1, -0.05) is 0 Å². The Morgan fingerprint density at radius 1 is 0.457 bits per heavy atom. The molecule has 3 rings (SSSR count). The Bertz CT molecular complexity index is 1370. The maximum atomic E-state index is 11.9. The van der Waals surface area contributed by atoms with Crippen molar-refractivity contribution in [3.63, 3.8) is 0 Å². The van der Waals surface area contributed by atoms with E-state index in [1.165, 1.54) is 50.6 Å². The van der Waals surface area contributed by atoms with Crippen LogP contribution in [0.3, 0.4) is 0 Å². The maximum Gasteiger partial charge on any atom is 0.335 e. The lowest BCUT2D eigenvalue weighted by Crippen LogP contribution is -2.12. The molecule has 0 amide bonds. The summed E-state index contributed by atoms with van der Waals surface area (Å²) in [6, 6.07) is 10.1. The molecule has 0 aliphatic carbocycles. The smallest absolute Gasteiger partial charge is 0.335 e. The lowest BCUT2D eigenvalue weighted by Gasteiger charge is -2.19. The highest BCUT2D eigenvalue weighted by atomic mass is 16.5. The third-order valence-electron chi connectivity index (χ3n) is 6.39. The molecule has 0 fully saturated rings. The number of hydrogen-bond acceptors (Lipinski definition) is 10. The van der Waals surface area contributed by atoms with E-state index in [-0.39, 0.29) is 82.4 Å². The van der Waals surface area contributed by atoms with E-state index in [1.54, 1.807) is 0 Å². The van der Waals surface area contributed by atoms with Crippen molar-refractivity contribution < 1.29 is 68.0 Å². The summed E-state index contributed by atoms with van der Waals surface area (Å²) in [7, 11) is 3.05. The topological polar surface area (TPSA) is 205 Å². The highest BCUT2D eigenvalue weighted by Crippen LogP contribution is 2.42. The van der Waals surface area contributed by atoms with E-state index in [9.17, 15) is 39.6 Å². The van der Waals surface area contributed by atoms with Crippen molar-refractivity contribution in [1.29, 1.82) is 0 Å². The number of hydrogen-bond donors (Lipinski definition) is 4. The number of aromatic carboxylic acids is 4. The Labute approximate surface area is 263 Å². The summed E-state index contributed by atoms with van der Waals surface area (Å²) in [6.45, 7) is 1.54. The Morgan fingerprint density at radius 3 is 1.04 bits per heavy atom. The second-order valence-electron chi connectivity index (χ2n) is 9.57. The number of methoxy groups -OCH3 is 2. The van der Waals surface area contributed by atoms with Gasteiger partial charge in [0.2, 0.25) is 0 Å². The summed E-state index contributed by atoms with van der Waals surface area (Å²) < 4.78 is 32.9. The standard InChI is InChI=1S/C32H34O14/c1-41-3-5-43-7-9-45-27-17-26(20-13-23(31(37)38)16-24(14-20)32(39)40)28(46-10-8-44-6-4-42-2)18-25(27)19-11-21(29(33)34)15-22(12-19)30(35)36/h11-18H,3-10H2,1-2H3,(H,33,34)(H,35,36)(H,37,38)(H,39,40). The molecule has 0 unspecified atom stereocenters. The SMILES string of the molecule is COCCOCCOc1cc(-c2cc(C(=O)O)cc(C(=O)O)c2)c(OCCOCCOC)cc1-c1cc(C(=O)O)cc(C(=O)O)c1. The molecule has 4 N–H and O–H groups in total. The van der Waals surface area contributed by atoms with E-state index in [2.05, 4.69) is 0 Å². The predicted molar refractivity (Wildman–Crippen MR) is 162 cm³/mol. The molecule has 0 atom stereocenters. The average Bonchev–Trinajstić information content (AvgIpc) is 3.03. The summed E-state index contributed by atoms with van der Waals surface area (Å²) in [5, 5.41) is 38.7. The summed E-state index contributed by atoms with van der Waals surface area (Å²) in [5.41, 5.74) is -0.325. The van der Waals surface area contributed by atoms with Crippen LogP contribution in [0.5, 0.6) is 11.5 Å². The Balaban J connectivity index is 2.23. The van der Waals surface area contributed by atoms with Crippen LogP contribution in [-0.2, 0) is 18.9 Å². The van der Waals surface area contributed by atoms with E-state index >= 15 is 0 Å². The molecule has 14 heteroatoms. The van der Waals surface area contributed by atoms with Crippen LogP contribution in [0.1, 0.15) is 41.4 Å². The van der Waals surface area contributed by atoms with Gasteiger partial charge in [-0.3, -0.25) is 0 Å². The zero-order valence-electron chi connectivity index (χ0n) is 25.1. The first-order chi connectivity index (χ1) is 22.0. The Morgan fingerprint density at radius 2 is 0.761 bits per heavy atom.